The van der Waals surface area contributed by atoms with Crippen LogP contribution in [0.1, 0.15) is 19.3 Å². The third-order valence-corrected chi connectivity index (χ3v) is 3.32. The van der Waals surface area contributed by atoms with Gasteiger partial charge in [0.2, 0.25) is 5.91 Å². The van der Waals surface area contributed by atoms with Crippen molar-refractivity contribution in [1.29, 1.82) is 0 Å². The molecule has 1 fully saturated rings. The molecule has 2 rings (SSSR count). The maximum Gasteiger partial charge on any atom is 0.305 e. The normalized spacial score (nSPS) is 15.9. The highest BCUT2D eigenvalue weighted by atomic mass is 16.4. The molecule has 1 atom stereocenters. The van der Waals surface area contributed by atoms with Crippen LogP contribution in [0, 0.1) is 0 Å². The number of carboxylic acids is 1. The third-order valence-electron chi connectivity index (χ3n) is 3.32. The molecule has 0 radical (unpaired) electrons. The number of hydrogen-bond donors (Lipinski definition) is 3. The molecular weight excluding hydrogens is 258 g/mol. The summed E-state index contributed by atoms with van der Waals surface area (Å²) >= 11 is 0. The number of benzene rings is 1. The molecule has 108 valence electrons. The van der Waals surface area contributed by atoms with Gasteiger partial charge in [0.15, 0.2) is 0 Å². The van der Waals surface area contributed by atoms with Crippen molar-refractivity contribution in [3.05, 3.63) is 24.3 Å². The molecule has 6 nitrogen and oxygen atoms in total. The van der Waals surface area contributed by atoms with Crippen LogP contribution in [-0.4, -0.2) is 36.1 Å². The van der Waals surface area contributed by atoms with Crippen molar-refractivity contribution in [3.63, 3.8) is 0 Å². The predicted molar refractivity (Wildman–Crippen MR) is 76.7 cm³/mol. The third kappa shape index (κ3) is 3.71. The first kappa shape index (κ1) is 14.3. The smallest absolute Gasteiger partial charge is 0.305 e. The van der Waals surface area contributed by atoms with Crippen LogP contribution in [0.2, 0.25) is 0 Å². The lowest BCUT2D eigenvalue weighted by Crippen LogP contribution is -2.37. The summed E-state index contributed by atoms with van der Waals surface area (Å²) in [5.74, 6) is -1.57. The first-order chi connectivity index (χ1) is 9.56. The number of nitrogens with zero attached hydrogens (tertiary/aromatic N) is 1. The minimum atomic E-state index is -1.08. The molecule has 0 bridgehead atoms. The Balaban J connectivity index is 2.00. The van der Waals surface area contributed by atoms with Crippen molar-refractivity contribution in [2.24, 2.45) is 5.73 Å². The van der Waals surface area contributed by atoms with E-state index in [9.17, 15) is 9.59 Å². The van der Waals surface area contributed by atoms with Crippen molar-refractivity contribution >= 4 is 23.3 Å². The van der Waals surface area contributed by atoms with E-state index in [1.807, 2.05) is 18.2 Å². The fraction of sp³-hybridized carbons (Fsp3) is 0.429. The Morgan fingerprint density at radius 2 is 2.05 bits per heavy atom. The number of anilines is 2. The van der Waals surface area contributed by atoms with Gasteiger partial charge in [0.25, 0.3) is 0 Å². The van der Waals surface area contributed by atoms with Crippen LogP contribution >= 0.6 is 0 Å². The lowest BCUT2D eigenvalue weighted by molar-refractivity contribution is -0.138. The molecule has 20 heavy (non-hydrogen) atoms. The van der Waals surface area contributed by atoms with Crippen LogP contribution in [-0.2, 0) is 9.59 Å². The van der Waals surface area contributed by atoms with Crippen LogP contribution < -0.4 is 16.0 Å². The molecule has 4 N–H and O–H groups in total. The number of carboxylic acid groups (broad SMARTS) is 1. The number of nitrogens with one attached hydrogen (secondary N) is 1. The molecule has 1 aliphatic rings. The monoisotopic (exact) mass is 277 g/mol. The van der Waals surface area contributed by atoms with E-state index >= 15 is 0 Å². The van der Waals surface area contributed by atoms with Gasteiger partial charge in [0.05, 0.1) is 12.5 Å². The Kier molecular flexibility index (Phi) is 4.57. The zero-order valence-corrected chi connectivity index (χ0v) is 11.2. The minimum Gasteiger partial charge on any atom is -0.481 e. The van der Waals surface area contributed by atoms with Gasteiger partial charge in [-0.1, -0.05) is 6.07 Å². The Bertz CT molecular complexity index is 498. The molecule has 1 saturated heterocycles. The molecule has 0 aliphatic carbocycles. The van der Waals surface area contributed by atoms with E-state index in [1.54, 1.807) is 6.07 Å². The summed E-state index contributed by atoms with van der Waals surface area (Å²) < 4.78 is 0. The topological polar surface area (TPSA) is 95.7 Å². The summed E-state index contributed by atoms with van der Waals surface area (Å²) in [6.45, 7) is 2.05. The second kappa shape index (κ2) is 6.38. The van der Waals surface area contributed by atoms with Gasteiger partial charge in [-0.2, -0.15) is 0 Å². The number of nitrogens with two attached hydrogens (primary N) is 1. The quantitative estimate of drug-likeness (QED) is 0.747. The number of carbonyl (C=O) groups is 2. The van der Waals surface area contributed by atoms with E-state index in [0.717, 1.165) is 18.8 Å². The standard InChI is InChI=1S/C14H19N3O3/c15-12(9-13(18)19)14(20)16-10-4-3-5-11(8-10)17-6-1-2-7-17/h3-5,8,12H,1-2,6-7,9,15H2,(H,16,20)(H,18,19). The minimum absolute atomic E-state index is 0.377. The largest absolute Gasteiger partial charge is 0.481 e. The van der Waals surface area contributed by atoms with Gasteiger partial charge < -0.3 is 21.1 Å². The SMILES string of the molecule is NC(CC(=O)O)C(=O)Nc1cccc(N2CCCC2)c1. The highest BCUT2D eigenvalue weighted by Gasteiger charge is 2.18. The second-order valence-corrected chi connectivity index (χ2v) is 4.94. The second-order valence-electron chi connectivity index (χ2n) is 4.94. The molecule has 1 unspecified atom stereocenters. The molecule has 0 saturated carbocycles. The van der Waals surface area contributed by atoms with E-state index in [1.165, 1.54) is 12.8 Å². The maximum absolute atomic E-state index is 11.8. The fourth-order valence-corrected chi connectivity index (χ4v) is 2.27. The van der Waals surface area contributed by atoms with Crippen molar-refractivity contribution < 1.29 is 14.7 Å². The van der Waals surface area contributed by atoms with Crippen LogP contribution in [0.4, 0.5) is 11.4 Å². The molecule has 1 aromatic carbocycles. The summed E-state index contributed by atoms with van der Waals surface area (Å²) in [5.41, 5.74) is 7.22. The first-order valence-corrected chi connectivity index (χ1v) is 6.69. The summed E-state index contributed by atoms with van der Waals surface area (Å²) in [5, 5.41) is 11.3. The van der Waals surface area contributed by atoms with Gasteiger partial charge >= 0.3 is 5.97 Å². The van der Waals surface area contributed by atoms with Crippen LogP contribution in [0.3, 0.4) is 0 Å². The van der Waals surface area contributed by atoms with E-state index in [4.69, 9.17) is 10.8 Å². The van der Waals surface area contributed by atoms with E-state index in [-0.39, 0.29) is 6.42 Å². The van der Waals surface area contributed by atoms with Crippen molar-refractivity contribution in [3.8, 4) is 0 Å². The van der Waals surface area contributed by atoms with Crippen LogP contribution in [0.15, 0.2) is 24.3 Å². The zero-order valence-electron chi connectivity index (χ0n) is 11.2. The average molecular weight is 277 g/mol. The highest BCUT2D eigenvalue weighted by Crippen LogP contribution is 2.23. The molecule has 0 spiro atoms. The molecule has 1 aliphatic heterocycles. The average Bonchev–Trinajstić information content (AvgIpc) is 2.92. The molecule has 1 amide bonds. The number of aliphatic carboxylic acids is 1. The number of rotatable bonds is 5. The zero-order chi connectivity index (χ0) is 14.5. The Labute approximate surface area is 117 Å². The molecular formula is C14H19N3O3. The van der Waals surface area contributed by atoms with Crippen molar-refractivity contribution in [1.82, 2.24) is 0 Å². The molecule has 0 aromatic heterocycles. The summed E-state index contributed by atoms with van der Waals surface area (Å²) in [6.07, 6.45) is 1.98. The predicted octanol–water partition coefficient (Wildman–Crippen LogP) is 1.03. The van der Waals surface area contributed by atoms with E-state index in [2.05, 4.69) is 10.2 Å². The first-order valence-electron chi connectivity index (χ1n) is 6.69. The van der Waals surface area contributed by atoms with E-state index < -0.39 is 17.9 Å². The number of amides is 1. The highest BCUT2D eigenvalue weighted by molar-refractivity contribution is 5.96. The maximum atomic E-state index is 11.8. The molecule has 6 heteroatoms. The van der Waals surface area contributed by atoms with E-state index in [0.29, 0.717) is 5.69 Å². The fourth-order valence-electron chi connectivity index (χ4n) is 2.27. The van der Waals surface area contributed by atoms with Gasteiger partial charge in [-0.3, -0.25) is 9.59 Å². The summed E-state index contributed by atoms with van der Waals surface area (Å²) in [4.78, 5) is 24.6. The Morgan fingerprint density at radius 3 is 2.70 bits per heavy atom. The van der Waals surface area contributed by atoms with Gasteiger partial charge in [0.1, 0.15) is 0 Å². The Hall–Kier alpha value is -2.08. The van der Waals surface area contributed by atoms with Crippen LogP contribution in [0.5, 0.6) is 0 Å². The number of hydrogen-bond acceptors (Lipinski definition) is 4. The lowest BCUT2D eigenvalue weighted by Gasteiger charge is -2.19. The Morgan fingerprint density at radius 1 is 1.35 bits per heavy atom. The van der Waals surface area contributed by atoms with Gasteiger partial charge in [-0.25, -0.2) is 0 Å². The molecule has 1 heterocycles. The molecule has 1 aromatic rings. The number of carbonyl (C=O) groups excluding carboxylic acids is 1. The van der Waals surface area contributed by atoms with Gasteiger partial charge in [-0.15, -0.1) is 0 Å². The van der Waals surface area contributed by atoms with Gasteiger partial charge in [0, 0.05) is 24.5 Å². The lowest BCUT2D eigenvalue weighted by atomic mass is 10.2. The summed E-state index contributed by atoms with van der Waals surface area (Å²) in [6, 6.07) is 6.48. The van der Waals surface area contributed by atoms with Gasteiger partial charge in [-0.05, 0) is 31.0 Å². The summed E-state index contributed by atoms with van der Waals surface area (Å²) in [7, 11) is 0. The van der Waals surface area contributed by atoms with Crippen molar-refractivity contribution in [2.45, 2.75) is 25.3 Å². The van der Waals surface area contributed by atoms with Crippen molar-refractivity contribution in [2.75, 3.05) is 23.3 Å². The van der Waals surface area contributed by atoms with Crippen LogP contribution in [0.25, 0.3) is 0 Å².